The van der Waals surface area contributed by atoms with Crippen molar-refractivity contribution in [1.29, 1.82) is 10.5 Å². The van der Waals surface area contributed by atoms with Gasteiger partial charge < -0.3 is 9.47 Å². The Balaban J connectivity index is 1.95. The summed E-state index contributed by atoms with van der Waals surface area (Å²) in [7, 11) is 3.20. The molecule has 4 nitrogen and oxygen atoms in total. The van der Waals surface area contributed by atoms with E-state index in [-0.39, 0.29) is 0 Å². The third kappa shape index (κ3) is 4.58. The maximum Gasteiger partial charge on any atom is 0.126 e. The van der Waals surface area contributed by atoms with E-state index in [0.717, 1.165) is 22.3 Å². The van der Waals surface area contributed by atoms with E-state index in [2.05, 4.69) is 12.1 Å². The minimum absolute atomic E-state index is 0.512. The van der Waals surface area contributed by atoms with Crippen LogP contribution in [-0.2, 0) is 0 Å². The Kier molecular flexibility index (Phi) is 6.66. The van der Waals surface area contributed by atoms with Crippen LogP contribution in [0.2, 0.25) is 0 Å². The number of nitrogens with zero attached hydrogens (tertiary/aromatic N) is 2. The highest BCUT2D eigenvalue weighted by Crippen LogP contribution is 2.27. The van der Waals surface area contributed by atoms with Crippen LogP contribution in [0, 0.1) is 22.7 Å². The molecule has 0 aliphatic carbocycles. The third-order valence-corrected chi connectivity index (χ3v) is 4.63. The lowest BCUT2D eigenvalue weighted by molar-refractivity contribution is 0.414. The molecule has 30 heavy (non-hydrogen) atoms. The van der Waals surface area contributed by atoms with Crippen molar-refractivity contribution in [3.8, 4) is 23.6 Å². The van der Waals surface area contributed by atoms with Crippen LogP contribution in [0.5, 0.6) is 11.5 Å². The Morgan fingerprint density at radius 1 is 0.633 bits per heavy atom. The van der Waals surface area contributed by atoms with Crippen LogP contribution < -0.4 is 9.47 Å². The fourth-order valence-corrected chi connectivity index (χ4v) is 3.07. The molecule has 0 saturated carbocycles. The van der Waals surface area contributed by atoms with Crippen molar-refractivity contribution in [3.63, 3.8) is 0 Å². The van der Waals surface area contributed by atoms with Gasteiger partial charge in [0.1, 0.15) is 11.5 Å². The Labute approximate surface area is 176 Å². The third-order valence-electron chi connectivity index (χ3n) is 4.63. The van der Waals surface area contributed by atoms with Crippen molar-refractivity contribution in [2.45, 2.75) is 0 Å². The summed E-state index contributed by atoms with van der Waals surface area (Å²) < 4.78 is 10.7. The van der Waals surface area contributed by atoms with E-state index >= 15 is 0 Å². The molecule has 0 spiro atoms. The van der Waals surface area contributed by atoms with Gasteiger partial charge in [0, 0.05) is 11.1 Å². The maximum atomic E-state index is 9.64. The van der Waals surface area contributed by atoms with E-state index in [1.54, 1.807) is 26.4 Å². The summed E-state index contributed by atoms with van der Waals surface area (Å²) in [6.45, 7) is 0. The molecule has 0 N–H and O–H groups in total. The standard InChI is InChI=1S/C26H20N2O2/c1-29-25-9-5-3-7-21(25)15-23(17-27)19-11-13-20(14-12-19)24(18-28)16-22-8-4-6-10-26(22)30-2/h3-16H,1-2H3/b23-15-,24-16+. The molecule has 0 aliphatic heterocycles. The molecule has 0 aliphatic rings. The molecule has 0 aromatic heterocycles. The lowest BCUT2D eigenvalue weighted by Gasteiger charge is -2.07. The second-order valence-electron chi connectivity index (χ2n) is 6.40. The highest BCUT2D eigenvalue weighted by molar-refractivity contribution is 5.93. The first-order chi connectivity index (χ1) is 14.7. The molecule has 4 heteroatoms. The number of allylic oxidation sites excluding steroid dienone is 2. The summed E-state index contributed by atoms with van der Waals surface area (Å²) in [5, 5.41) is 19.3. The fourth-order valence-electron chi connectivity index (χ4n) is 3.07. The molecule has 3 rings (SSSR count). The SMILES string of the molecule is COc1ccccc1/C=C(\C#N)c1ccc(/C(C#N)=C\c2ccccc2OC)cc1. The van der Waals surface area contributed by atoms with Gasteiger partial charge in [-0.3, -0.25) is 0 Å². The van der Waals surface area contributed by atoms with Crippen molar-refractivity contribution in [2.24, 2.45) is 0 Å². The number of ether oxygens (including phenoxy) is 2. The smallest absolute Gasteiger partial charge is 0.126 e. The summed E-state index contributed by atoms with van der Waals surface area (Å²) in [5.74, 6) is 1.40. The van der Waals surface area contributed by atoms with Crippen molar-refractivity contribution >= 4 is 23.3 Å². The van der Waals surface area contributed by atoms with Crippen molar-refractivity contribution in [1.82, 2.24) is 0 Å². The van der Waals surface area contributed by atoms with E-state index < -0.39 is 0 Å². The van der Waals surface area contributed by atoms with E-state index in [1.807, 2.05) is 72.8 Å². The molecule has 0 radical (unpaired) electrons. The number of hydrogen-bond acceptors (Lipinski definition) is 4. The quantitative estimate of drug-likeness (QED) is 0.391. The molecule has 0 bridgehead atoms. The Hall–Kier alpha value is -4.28. The van der Waals surface area contributed by atoms with Gasteiger partial charge in [-0.25, -0.2) is 0 Å². The van der Waals surface area contributed by atoms with Crippen molar-refractivity contribution < 1.29 is 9.47 Å². The Bertz CT molecular complexity index is 1080. The summed E-state index contributed by atoms with van der Waals surface area (Å²) >= 11 is 0. The first-order valence-corrected chi connectivity index (χ1v) is 9.30. The summed E-state index contributed by atoms with van der Waals surface area (Å²) in [5.41, 5.74) is 4.21. The van der Waals surface area contributed by atoms with E-state index in [4.69, 9.17) is 9.47 Å². The largest absolute Gasteiger partial charge is 0.496 e. The molecular weight excluding hydrogens is 372 g/mol. The molecule has 0 amide bonds. The van der Waals surface area contributed by atoms with Crippen LogP contribution in [0.15, 0.2) is 72.8 Å². The minimum atomic E-state index is 0.512. The predicted molar refractivity (Wildman–Crippen MR) is 119 cm³/mol. The van der Waals surface area contributed by atoms with Crippen LogP contribution in [0.4, 0.5) is 0 Å². The molecule has 0 unspecified atom stereocenters. The molecule has 0 atom stereocenters. The molecule has 3 aromatic carbocycles. The number of nitriles is 2. The highest BCUT2D eigenvalue weighted by Gasteiger charge is 2.08. The molecule has 0 saturated heterocycles. The second kappa shape index (κ2) is 9.78. The highest BCUT2D eigenvalue weighted by atomic mass is 16.5. The van der Waals surface area contributed by atoms with Crippen molar-refractivity contribution in [3.05, 3.63) is 95.1 Å². The van der Waals surface area contributed by atoms with Crippen molar-refractivity contribution in [2.75, 3.05) is 14.2 Å². The van der Waals surface area contributed by atoms with Gasteiger partial charge in [-0.2, -0.15) is 10.5 Å². The van der Waals surface area contributed by atoms with E-state index in [9.17, 15) is 10.5 Å². The van der Waals surface area contributed by atoms with Gasteiger partial charge in [-0.15, -0.1) is 0 Å². The normalized spacial score (nSPS) is 11.3. The fraction of sp³-hybridized carbons (Fsp3) is 0.0769. The van der Waals surface area contributed by atoms with Gasteiger partial charge in [-0.1, -0.05) is 60.7 Å². The van der Waals surface area contributed by atoms with Crippen LogP contribution in [0.3, 0.4) is 0 Å². The van der Waals surface area contributed by atoms with Crippen LogP contribution in [0.25, 0.3) is 23.3 Å². The number of rotatable bonds is 6. The summed E-state index contributed by atoms with van der Waals surface area (Å²) in [4.78, 5) is 0. The Morgan fingerprint density at radius 2 is 1.00 bits per heavy atom. The van der Waals surface area contributed by atoms with Gasteiger partial charge in [0.05, 0.1) is 37.5 Å². The number of benzene rings is 3. The lowest BCUT2D eigenvalue weighted by atomic mass is 9.98. The molecular formula is C26H20N2O2. The lowest BCUT2D eigenvalue weighted by Crippen LogP contribution is -1.89. The first kappa shape index (κ1) is 20.5. The van der Waals surface area contributed by atoms with E-state index in [0.29, 0.717) is 22.6 Å². The molecule has 0 fully saturated rings. The zero-order valence-electron chi connectivity index (χ0n) is 16.8. The van der Waals surface area contributed by atoms with Gasteiger partial charge in [0.15, 0.2) is 0 Å². The van der Waals surface area contributed by atoms with Crippen LogP contribution >= 0.6 is 0 Å². The average Bonchev–Trinajstić information content (AvgIpc) is 2.81. The zero-order chi connectivity index (χ0) is 21.3. The molecule has 3 aromatic rings. The predicted octanol–water partition coefficient (Wildman–Crippen LogP) is 5.83. The maximum absolute atomic E-state index is 9.64. The molecule has 146 valence electrons. The number of para-hydroxylation sites is 2. The van der Waals surface area contributed by atoms with Gasteiger partial charge in [0.25, 0.3) is 0 Å². The minimum Gasteiger partial charge on any atom is -0.496 e. The van der Waals surface area contributed by atoms with Gasteiger partial charge in [0.2, 0.25) is 0 Å². The number of methoxy groups -OCH3 is 2. The average molecular weight is 392 g/mol. The zero-order valence-corrected chi connectivity index (χ0v) is 16.8. The monoisotopic (exact) mass is 392 g/mol. The first-order valence-electron chi connectivity index (χ1n) is 9.30. The van der Waals surface area contributed by atoms with Gasteiger partial charge >= 0.3 is 0 Å². The van der Waals surface area contributed by atoms with E-state index in [1.165, 1.54) is 0 Å². The second-order valence-corrected chi connectivity index (χ2v) is 6.40. The van der Waals surface area contributed by atoms with Crippen LogP contribution in [0.1, 0.15) is 22.3 Å². The topological polar surface area (TPSA) is 66.0 Å². The number of hydrogen-bond donors (Lipinski definition) is 0. The summed E-state index contributed by atoms with van der Waals surface area (Å²) in [6, 6.07) is 26.9. The molecule has 0 heterocycles. The van der Waals surface area contributed by atoms with Crippen LogP contribution in [-0.4, -0.2) is 14.2 Å². The summed E-state index contributed by atoms with van der Waals surface area (Å²) in [6.07, 6.45) is 3.59. The Morgan fingerprint density at radius 3 is 1.33 bits per heavy atom. The van der Waals surface area contributed by atoms with Gasteiger partial charge in [-0.05, 0) is 35.4 Å².